The summed E-state index contributed by atoms with van der Waals surface area (Å²) in [5, 5.41) is 3.22. The van der Waals surface area contributed by atoms with Crippen molar-refractivity contribution in [2.45, 2.75) is 45.3 Å². The van der Waals surface area contributed by atoms with E-state index >= 15 is 0 Å². The zero-order valence-corrected chi connectivity index (χ0v) is 13.1. The molecule has 0 aliphatic heterocycles. The molecule has 0 aromatic heterocycles. The summed E-state index contributed by atoms with van der Waals surface area (Å²) in [6.45, 7) is 6.71. The number of hydrogen-bond acceptors (Lipinski definition) is 3. The normalized spacial score (nSPS) is 13.3. The molecule has 3 nitrogen and oxygen atoms in total. The average molecular weight is 283 g/mol. The molecule has 114 valence electrons. The fourth-order valence-corrected chi connectivity index (χ4v) is 2.84. The molecule has 0 aliphatic carbocycles. The van der Waals surface area contributed by atoms with Gasteiger partial charge in [0.1, 0.15) is 0 Å². The first kappa shape index (κ1) is 16.9. The van der Waals surface area contributed by atoms with Crippen LogP contribution in [0.2, 0.25) is 0 Å². The van der Waals surface area contributed by atoms with Crippen molar-refractivity contribution < 1.29 is 13.9 Å². The zero-order chi connectivity index (χ0) is 15.2. The van der Waals surface area contributed by atoms with E-state index in [0.29, 0.717) is 12.2 Å². The maximum Gasteiger partial charge on any atom is 0.169 e. The fraction of sp³-hybridized carbons (Fsp3) is 0.625. The lowest BCUT2D eigenvalue weighted by molar-refractivity contribution is -0.0725. The van der Waals surface area contributed by atoms with Crippen LogP contribution in [-0.4, -0.2) is 26.4 Å². The number of benzene rings is 1. The minimum atomic E-state index is -0.420. The van der Waals surface area contributed by atoms with Gasteiger partial charge in [-0.25, -0.2) is 4.39 Å². The van der Waals surface area contributed by atoms with Crippen molar-refractivity contribution in [2.75, 3.05) is 20.8 Å². The van der Waals surface area contributed by atoms with Crippen molar-refractivity contribution in [1.29, 1.82) is 0 Å². The number of methoxy groups -OCH3 is 1. The third-order valence-corrected chi connectivity index (χ3v) is 3.97. The highest BCUT2D eigenvalue weighted by molar-refractivity contribution is 5.34. The maximum atomic E-state index is 14.5. The van der Waals surface area contributed by atoms with Crippen LogP contribution in [0.4, 0.5) is 4.39 Å². The molecule has 0 bridgehead atoms. The van der Waals surface area contributed by atoms with Gasteiger partial charge in [-0.15, -0.1) is 0 Å². The third kappa shape index (κ3) is 3.13. The predicted octanol–water partition coefficient (Wildman–Crippen LogP) is 3.69. The predicted molar refractivity (Wildman–Crippen MR) is 79.7 cm³/mol. The monoisotopic (exact) mass is 283 g/mol. The first-order chi connectivity index (χ1) is 9.60. The quantitative estimate of drug-likeness (QED) is 0.789. The van der Waals surface area contributed by atoms with Gasteiger partial charge in [-0.3, -0.25) is 0 Å². The lowest BCUT2D eigenvalue weighted by atomic mass is 9.83. The van der Waals surface area contributed by atoms with Crippen molar-refractivity contribution in [1.82, 2.24) is 5.32 Å². The van der Waals surface area contributed by atoms with Gasteiger partial charge in [-0.1, -0.05) is 26.0 Å². The molecule has 1 atom stereocenters. The molecule has 1 aromatic carbocycles. The van der Waals surface area contributed by atoms with Crippen LogP contribution < -0.4 is 10.1 Å². The van der Waals surface area contributed by atoms with E-state index in [4.69, 9.17) is 9.47 Å². The topological polar surface area (TPSA) is 30.5 Å². The molecule has 0 heterocycles. The Balaban J connectivity index is 3.30. The molecular weight excluding hydrogens is 257 g/mol. The molecule has 1 rings (SSSR count). The van der Waals surface area contributed by atoms with Crippen LogP contribution in [0.15, 0.2) is 18.2 Å². The zero-order valence-electron chi connectivity index (χ0n) is 13.1. The molecule has 1 N–H and O–H groups in total. The molecule has 20 heavy (non-hydrogen) atoms. The molecule has 1 unspecified atom stereocenters. The van der Waals surface area contributed by atoms with Gasteiger partial charge in [0, 0.05) is 12.2 Å². The van der Waals surface area contributed by atoms with Gasteiger partial charge in [0.2, 0.25) is 0 Å². The summed E-state index contributed by atoms with van der Waals surface area (Å²) in [7, 11) is 3.31. The number of ether oxygens (including phenoxy) is 2. The molecule has 1 aromatic rings. The van der Waals surface area contributed by atoms with Gasteiger partial charge in [0.25, 0.3) is 0 Å². The Labute approximate surface area is 121 Å². The SMILES string of the molecule is CCOC(CC)(CC)C(NC)c1cccc(OC)c1F. The van der Waals surface area contributed by atoms with Crippen molar-refractivity contribution in [2.24, 2.45) is 0 Å². The van der Waals surface area contributed by atoms with Gasteiger partial charge in [-0.05, 0) is 32.9 Å². The van der Waals surface area contributed by atoms with Crippen molar-refractivity contribution in [3.8, 4) is 5.75 Å². The first-order valence-corrected chi connectivity index (χ1v) is 7.23. The van der Waals surface area contributed by atoms with Gasteiger partial charge < -0.3 is 14.8 Å². The smallest absolute Gasteiger partial charge is 0.169 e. The number of rotatable bonds is 8. The van der Waals surface area contributed by atoms with Crippen LogP contribution in [0.25, 0.3) is 0 Å². The molecule has 0 saturated carbocycles. The van der Waals surface area contributed by atoms with E-state index in [1.807, 2.05) is 20.0 Å². The molecule has 0 fully saturated rings. The average Bonchev–Trinajstić information content (AvgIpc) is 2.48. The second-order valence-corrected chi connectivity index (χ2v) is 4.79. The molecule has 0 saturated heterocycles. The molecule has 4 heteroatoms. The van der Waals surface area contributed by atoms with E-state index in [0.717, 1.165) is 12.8 Å². The van der Waals surface area contributed by atoms with Crippen LogP contribution in [0, 0.1) is 5.82 Å². The number of likely N-dealkylation sites (N-methyl/N-ethyl adjacent to an activating group) is 1. The van der Waals surface area contributed by atoms with E-state index in [9.17, 15) is 4.39 Å². The van der Waals surface area contributed by atoms with Crippen LogP contribution in [0.3, 0.4) is 0 Å². The highest BCUT2D eigenvalue weighted by Crippen LogP contribution is 2.38. The Hall–Kier alpha value is -1.13. The van der Waals surface area contributed by atoms with Crippen LogP contribution in [0.5, 0.6) is 5.75 Å². The molecule has 0 radical (unpaired) electrons. The van der Waals surface area contributed by atoms with Crippen LogP contribution >= 0.6 is 0 Å². The van der Waals surface area contributed by atoms with Gasteiger partial charge in [0.15, 0.2) is 11.6 Å². The van der Waals surface area contributed by atoms with Crippen molar-refractivity contribution >= 4 is 0 Å². The number of hydrogen-bond donors (Lipinski definition) is 1. The molecule has 0 aliphatic rings. The van der Waals surface area contributed by atoms with E-state index in [1.54, 1.807) is 12.1 Å². The number of nitrogens with one attached hydrogen (secondary N) is 1. The molecular formula is C16H26FNO2. The summed E-state index contributed by atoms with van der Waals surface area (Å²) in [5.74, 6) is -0.0549. The minimum Gasteiger partial charge on any atom is -0.494 e. The largest absolute Gasteiger partial charge is 0.494 e. The Kier molecular flexibility index (Phi) is 6.43. The Morgan fingerprint density at radius 1 is 1.25 bits per heavy atom. The van der Waals surface area contributed by atoms with E-state index in [1.165, 1.54) is 7.11 Å². The van der Waals surface area contributed by atoms with Gasteiger partial charge in [0.05, 0.1) is 18.8 Å². The maximum absolute atomic E-state index is 14.5. The van der Waals surface area contributed by atoms with Crippen LogP contribution in [0.1, 0.15) is 45.2 Å². The van der Waals surface area contributed by atoms with Gasteiger partial charge in [-0.2, -0.15) is 0 Å². The van der Waals surface area contributed by atoms with E-state index < -0.39 is 5.60 Å². The molecule has 0 spiro atoms. The summed E-state index contributed by atoms with van der Waals surface area (Å²) in [5.41, 5.74) is 0.167. The number of halogens is 1. The summed E-state index contributed by atoms with van der Waals surface area (Å²) >= 11 is 0. The second-order valence-electron chi connectivity index (χ2n) is 4.79. The Morgan fingerprint density at radius 3 is 2.35 bits per heavy atom. The second kappa shape index (κ2) is 7.60. The lowest BCUT2D eigenvalue weighted by Crippen LogP contribution is -2.44. The molecule has 0 amide bonds. The van der Waals surface area contributed by atoms with Crippen molar-refractivity contribution in [3.05, 3.63) is 29.6 Å². The minimum absolute atomic E-state index is 0.215. The Morgan fingerprint density at radius 2 is 1.90 bits per heavy atom. The van der Waals surface area contributed by atoms with Crippen LogP contribution in [-0.2, 0) is 4.74 Å². The van der Waals surface area contributed by atoms with Gasteiger partial charge >= 0.3 is 0 Å². The summed E-state index contributed by atoms with van der Waals surface area (Å²) in [6, 6.07) is 5.01. The first-order valence-electron chi connectivity index (χ1n) is 7.23. The lowest BCUT2D eigenvalue weighted by Gasteiger charge is -2.39. The summed E-state index contributed by atoms with van der Waals surface area (Å²) < 4.78 is 25.6. The fourth-order valence-electron chi connectivity index (χ4n) is 2.84. The van der Waals surface area contributed by atoms with E-state index in [-0.39, 0.29) is 17.6 Å². The Bertz CT molecular complexity index is 419. The third-order valence-electron chi connectivity index (χ3n) is 3.97. The standard InChI is InChI=1S/C16H26FNO2/c1-6-16(7-2,20-8-3)15(18-4)12-10-9-11-13(19-5)14(12)17/h9-11,15,18H,6-8H2,1-5H3. The highest BCUT2D eigenvalue weighted by atomic mass is 19.1. The highest BCUT2D eigenvalue weighted by Gasteiger charge is 2.38. The summed E-state index contributed by atoms with van der Waals surface area (Å²) in [6.07, 6.45) is 1.61. The summed E-state index contributed by atoms with van der Waals surface area (Å²) in [4.78, 5) is 0. The van der Waals surface area contributed by atoms with E-state index in [2.05, 4.69) is 19.2 Å². The van der Waals surface area contributed by atoms with Crippen molar-refractivity contribution in [3.63, 3.8) is 0 Å².